The van der Waals surface area contributed by atoms with E-state index >= 15 is 0 Å². The number of aliphatic hydroxyl groups is 2. The predicted molar refractivity (Wildman–Crippen MR) is 97.1 cm³/mol. The zero-order valence-electron chi connectivity index (χ0n) is 15.1. The van der Waals surface area contributed by atoms with Crippen LogP contribution in [0.4, 0.5) is 0 Å². The van der Waals surface area contributed by atoms with Crippen LogP contribution < -0.4 is 0 Å². The molecule has 0 amide bonds. The number of unbranched alkanes of at least 4 members (excludes halogenated alkanes) is 2. The summed E-state index contributed by atoms with van der Waals surface area (Å²) < 4.78 is 0. The number of carbonyl (C=O) groups is 2. The maximum absolute atomic E-state index is 12.1. The summed E-state index contributed by atoms with van der Waals surface area (Å²) in [6.45, 7) is 2.13. The molecule has 3 N–H and O–H groups in total. The first-order chi connectivity index (χ1) is 12.0. The van der Waals surface area contributed by atoms with Gasteiger partial charge in [-0.1, -0.05) is 50.5 Å². The third-order valence-corrected chi connectivity index (χ3v) is 4.79. The maximum atomic E-state index is 12.1. The molecule has 0 aromatic heterocycles. The van der Waals surface area contributed by atoms with Crippen molar-refractivity contribution in [1.82, 2.24) is 0 Å². The van der Waals surface area contributed by atoms with Gasteiger partial charge in [0.15, 0.2) is 6.10 Å². The first-order valence-electron chi connectivity index (χ1n) is 9.40. The highest BCUT2D eigenvalue weighted by atomic mass is 16.4. The van der Waals surface area contributed by atoms with Gasteiger partial charge in [0, 0.05) is 12.3 Å². The Labute approximate surface area is 150 Å². The monoisotopic (exact) mass is 352 g/mol. The van der Waals surface area contributed by atoms with Crippen LogP contribution in [0.1, 0.15) is 64.7 Å². The second kappa shape index (κ2) is 12.0. The number of carboxylic acid groups (broad SMARTS) is 1. The fourth-order valence-electron chi connectivity index (χ4n) is 3.18. The Morgan fingerprint density at radius 2 is 2.00 bits per heavy atom. The molecule has 5 heteroatoms. The Hall–Kier alpha value is -1.46. The van der Waals surface area contributed by atoms with E-state index in [0.717, 1.165) is 32.1 Å². The van der Waals surface area contributed by atoms with Crippen molar-refractivity contribution < 1.29 is 24.9 Å². The lowest BCUT2D eigenvalue weighted by Crippen LogP contribution is -2.18. The van der Waals surface area contributed by atoms with Crippen LogP contribution in [0.2, 0.25) is 0 Å². The SMILES string of the molecule is CCCCCC(O)C=C[C@H]1CCC(=O)[C@@H]1CC=CCCC(O)C(=O)O. The van der Waals surface area contributed by atoms with Gasteiger partial charge in [-0.2, -0.15) is 0 Å². The number of hydrogen-bond acceptors (Lipinski definition) is 4. The van der Waals surface area contributed by atoms with Crippen molar-refractivity contribution in [2.45, 2.75) is 76.9 Å². The molecule has 2 unspecified atom stereocenters. The molecule has 1 aliphatic carbocycles. The van der Waals surface area contributed by atoms with Crippen LogP contribution in [-0.2, 0) is 9.59 Å². The highest BCUT2D eigenvalue weighted by Crippen LogP contribution is 2.33. The van der Waals surface area contributed by atoms with Gasteiger partial charge in [0.05, 0.1) is 6.10 Å². The molecule has 0 aromatic carbocycles. The van der Waals surface area contributed by atoms with Crippen molar-refractivity contribution in [3.05, 3.63) is 24.3 Å². The van der Waals surface area contributed by atoms with Gasteiger partial charge in [-0.3, -0.25) is 4.79 Å². The van der Waals surface area contributed by atoms with Crippen LogP contribution in [-0.4, -0.2) is 39.3 Å². The molecule has 1 saturated carbocycles. The average molecular weight is 352 g/mol. The van der Waals surface area contributed by atoms with Crippen molar-refractivity contribution >= 4 is 11.8 Å². The Kier molecular flexibility index (Phi) is 10.3. The number of allylic oxidation sites excluding steroid dienone is 3. The second-order valence-electron chi connectivity index (χ2n) is 6.86. The minimum Gasteiger partial charge on any atom is -0.479 e. The molecule has 0 aromatic rings. The van der Waals surface area contributed by atoms with Gasteiger partial charge in [0.1, 0.15) is 5.78 Å². The number of carbonyl (C=O) groups excluding carboxylic acids is 1. The third-order valence-electron chi connectivity index (χ3n) is 4.79. The summed E-state index contributed by atoms with van der Waals surface area (Å²) in [5.41, 5.74) is 0. The molecule has 1 fully saturated rings. The molecule has 0 heterocycles. The van der Waals surface area contributed by atoms with Crippen LogP contribution in [0.5, 0.6) is 0 Å². The molecular formula is C20H32O5. The molecule has 5 nitrogen and oxygen atoms in total. The van der Waals surface area contributed by atoms with E-state index in [9.17, 15) is 19.8 Å². The van der Waals surface area contributed by atoms with Crippen LogP contribution in [0.25, 0.3) is 0 Å². The topological polar surface area (TPSA) is 94.8 Å². The van der Waals surface area contributed by atoms with Crippen LogP contribution in [0, 0.1) is 11.8 Å². The fraction of sp³-hybridized carbons (Fsp3) is 0.700. The highest BCUT2D eigenvalue weighted by molar-refractivity contribution is 5.83. The number of ketones is 1. The van der Waals surface area contributed by atoms with Crippen LogP contribution in [0.3, 0.4) is 0 Å². The number of aliphatic hydroxyl groups excluding tert-OH is 2. The minimum atomic E-state index is -1.33. The van der Waals surface area contributed by atoms with E-state index in [1.165, 1.54) is 0 Å². The molecule has 4 atom stereocenters. The summed E-state index contributed by atoms with van der Waals surface area (Å²) in [7, 11) is 0. The van der Waals surface area contributed by atoms with E-state index in [0.29, 0.717) is 19.3 Å². The van der Waals surface area contributed by atoms with Gasteiger partial charge in [0.2, 0.25) is 0 Å². The summed E-state index contributed by atoms with van der Waals surface area (Å²) in [6, 6.07) is 0. The maximum Gasteiger partial charge on any atom is 0.332 e. The molecular weight excluding hydrogens is 320 g/mol. The van der Waals surface area contributed by atoms with E-state index in [4.69, 9.17) is 5.11 Å². The smallest absolute Gasteiger partial charge is 0.332 e. The van der Waals surface area contributed by atoms with Crippen LogP contribution in [0.15, 0.2) is 24.3 Å². The lowest BCUT2D eigenvalue weighted by atomic mass is 9.91. The summed E-state index contributed by atoms with van der Waals surface area (Å²) in [6.07, 6.45) is 12.5. The molecule has 1 aliphatic rings. The van der Waals surface area contributed by atoms with E-state index in [1.54, 1.807) is 0 Å². The molecule has 0 aliphatic heterocycles. The predicted octanol–water partition coefficient (Wildman–Crippen LogP) is 3.25. The third kappa shape index (κ3) is 8.45. The zero-order valence-corrected chi connectivity index (χ0v) is 15.1. The first-order valence-corrected chi connectivity index (χ1v) is 9.40. The summed E-state index contributed by atoms with van der Waals surface area (Å²) >= 11 is 0. The Morgan fingerprint density at radius 3 is 2.68 bits per heavy atom. The lowest BCUT2D eigenvalue weighted by molar-refractivity contribution is -0.146. The zero-order chi connectivity index (χ0) is 18.7. The quantitative estimate of drug-likeness (QED) is 0.370. The van der Waals surface area contributed by atoms with Gasteiger partial charge < -0.3 is 15.3 Å². The van der Waals surface area contributed by atoms with Gasteiger partial charge in [0.25, 0.3) is 0 Å². The molecule has 0 radical (unpaired) electrons. The Balaban J connectivity index is 2.40. The van der Waals surface area contributed by atoms with E-state index in [-0.39, 0.29) is 24.0 Å². The number of carboxylic acids is 1. The standard InChI is InChI=1S/C20H32O5/c1-2-3-5-8-16(21)13-11-15-12-14-18(22)17(15)9-6-4-7-10-19(23)20(24)25/h4,6,11,13,15-17,19,21,23H,2-3,5,7-10,12,14H2,1H3,(H,24,25)/t15-,16?,17+,19?/m0/s1. The summed E-state index contributed by atoms with van der Waals surface area (Å²) in [5, 5.41) is 27.8. The highest BCUT2D eigenvalue weighted by Gasteiger charge is 2.31. The first kappa shape index (κ1) is 21.6. The largest absolute Gasteiger partial charge is 0.479 e. The van der Waals surface area contributed by atoms with Gasteiger partial charge in [-0.05, 0) is 38.0 Å². The van der Waals surface area contributed by atoms with E-state index in [2.05, 4.69) is 6.92 Å². The molecule has 0 saturated heterocycles. The summed E-state index contributed by atoms with van der Waals surface area (Å²) in [5.74, 6) is -0.838. The Bertz CT molecular complexity index is 469. The summed E-state index contributed by atoms with van der Waals surface area (Å²) in [4.78, 5) is 22.6. The van der Waals surface area contributed by atoms with Crippen LogP contribution >= 0.6 is 0 Å². The minimum absolute atomic E-state index is 0.0558. The van der Waals surface area contributed by atoms with Crippen molar-refractivity contribution in [2.24, 2.45) is 11.8 Å². The van der Waals surface area contributed by atoms with Crippen molar-refractivity contribution in [3.8, 4) is 0 Å². The van der Waals surface area contributed by atoms with E-state index < -0.39 is 18.2 Å². The second-order valence-corrected chi connectivity index (χ2v) is 6.86. The fourth-order valence-corrected chi connectivity index (χ4v) is 3.18. The normalized spacial score (nSPS) is 23.6. The average Bonchev–Trinajstić information content (AvgIpc) is 2.92. The molecule has 1 rings (SSSR count). The van der Waals surface area contributed by atoms with Gasteiger partial charge in [-0.25, -0.2) is 4.79 Å². The van der Waals surface area contributed by atoms with Gasteiger partial charge >= 0.3 is 5.97 Å². The molecule has 0 spiro atoms. The number of hydrogen-bond donors (Lipinski definition) is 3. The number of rotatable bonds is 12. The number of Topliss-reactive ketones (excluding diaryl/α,β-unsaturated/α-hetero) is 1. The lowest BCUT2D eigenvalue weighted by Gasteiger charge is -2.13. The Morgan fingerprint density at radius 1 is 1.24 bits per heavy atom. The van der Waals surface area contributed by atoms with Crippen molar-refractivity contribution in [3.63, 3.8) is 0 Å². The van der Waals surface area contributed by atoms with E-state index in [1.807, 2.05) is 24.3 Å². The molecule has 142 valence electrons. The van der Waals surface area contributed by atoms with Gasteiger partial charge in [-0.15, -0.1) is 0 Å². The molecule has 25 heavy (non-hydrogen) atoms. The number of aliphatic carboxylic acids is 1. The van der Waals surface area contributed by atoms with Crippen molar-refractivity contribution in [2.75, 3.05) is 0 Å². The molecule has 0 bridgehead atoms. The van der Waals surface area contributed by atoms with Crippen molar-refractivity contribution in [1.29, 1.82) is 0 Å².